The number of rotatable bonds is 6. The molecule has 0 bridgehead atoms. The molecule has 4 rings (SSSR count). The van der Waals surface area contributed by atoms with Gasteiger partial charge in [0.15, 0.2) is 0 Å². The van der Waals surface area contributed by atoms with Crippen LogP contribution in [0.1, 0.15) is 49.4 Å². The van der Waals surface area contributed by atoms with Gasteiger partial charge in [0.25, 0.3) is 0 Å². The quantitative estimate of drug-likeness (QED) is 0.809. The van der Waals surface area contributed by atoms with E-state index in [4.69, 9.17) is 0 Å². The van der Waals surface area contributed by atoms with Crippen LogP contribution in [0.2, 0.25) is 0 Å². The van der Waals surface area contributed by atoms with Gasteiger partial charge in [-0.15, -0.1) is 0 Å². The molecule has 0 spiro atoms. The van der Waals surface area contributed by atoms with Crippen LogP contribution in [0.15, 0.2) is 47.4 Å². The highest BCUT2D eigenvalue weighted by atomic mass is 32.2. The molecular formula is C22H26N2O3S. The molecule has 2 aromatic rings. The standard InChI is InChI=1S/C22H26N2O3S/c1-3-16-4-6-17(7-5-16)15(2)23-28(26,27)20-10-11-21-19(14-20)12-13-24(21)22(25)18-8-9-18/h4-7,10-11,14-15,18,23H,3,8-9,12-13H2,1-2H3/t15-/m1/s1. The lowest BCUT2D eigenvalue weighted by atomic mass is 10.1. The van der Waals surface area contributed by atoms with E-state index in [1.807, 2.05) is 36.1 Å². The molecule has 1 atom stereocenters. The Kier molecular flexibility index (Phi) is 5.02. The van der Waals surface area contributed by atoms with Crippen LogP contribution in [-0.2, 0) is 27.7 Å². The first-order valence-electron chi connectivity index (χ1n) is 9.94. The fourth-order valence-electron chi connectivity index (χ4n) is 3.74. The number of hydrogen-bond donors (Lipinski definition) is 1. The second kappa shape index (κ2) is 7.33. The molecule has 6 heteroatoms. The molecule has 5 nitrogen and oxygen atoms in total. The Morgan fingerprint density at radius 1 is 1.18 bits per heavy atom. The maximum Gasteiger partial charge on any atom is 0.241 e. The number of carbonyl (C=O) groups excluding carboxylic acids is 1. The predicted octanol–water partition coefficient (Wildman–Crippen LogP) is 3.59. The zero-order chi connectivity index (χ0) is 19.9. The van der Waals surface area contributed by atoms with Crippen LogP contribution in [0.25, 0.3) is 0 Å². The lowest BCUT2D eigenvalue weighted by molar-refractivity contribution is -0.119. The van der Waals surface area contributed by atoms with Crippen LogP contribution in [0, 0.1) is 5.92 Å². The summed E-state index contributed by atoms with van der Waals surface area (Å²) in [6.07, 6.45) is 3.59. The van der Waals surface area contributed by atoms with Crippen molar-refractivity contribution in [2.45, 2.75) is 50.5 Å². The van der Waals surface area contributed by atoms with Crippen molar-refractivity contribution in [2.75, 3.05) is 11.4 Å². The zero-order valence-electron chi connectivity index (χ0n) is 16.3. The molecule has 2 aliphatic rings. The minimum Gasteiger partial charge on any atom is -0.312 e. The number of nitrogens with zero attached hydrogens (tertiary/aromatic N) is 1. The topological polar surface area (TPSA) is 66.5 Å². The number of benzene rings is 2. The molecule has 1 heterocycles. The Hall–Kier alpha value is -2.18. The van der Waals surface area contributed by atoms with Gasteiger partial charge in [0.05, 0.1) is 4.90 Å². The minimum atomic E-state index is -3.64. The highest BCUT2D eigenvalue weighted by Crippen LogP contribution is 2.37. The normalized spacial score (nSPS) is 17.4. The molecule has 0 radical (unpaired) electrons. The van der Waals surface area contributed by atoms with Gasteiger partial charge >= 0.3 is 0 Å². The van der Waals surface area contributed by atoms with E-state index in [9.17, 15) is 13.2 Å². The molecule has 1 amide bonds. The van der Waals surface area contributed by atoms with Crippen LogP contribution in [0.5, 0.6) is 0 Å². The maximum absolute atomic E-state index is 12.9. The highest BCUT2D eigenvalue weighted by Gasteiger charge is 2.36. The molecule has 1 N–H and O–H groups in total. The first-order chi connectivity index (χ1) is 13.4. The van der Waals surface area contributed by atoms with Crippen LogP contribution in [0.4, 0.5) is 5.69 Å². The first-order valence-corrected chi connectivity index (χ1v) is 11.4. The van der Waals surface area contributed by atoms with Gasteiger partial charge in [0, 0.05) is 24.2 Å². The second-order valence-corrected chi connectivity index (χ2v) is 9.46. The van der Waals surface area contributed by atoms with E-state index in [2.05, 4.69) is 11.6 Å². The smallest absolute Gasteiger partial charge is 0.241 e. The molecule has 1 aliphatic heterocycles. The Morgan fingerprint density at radius 3 is 2.54 bits per heavy atom. The number of anilines is 1. The van der Waals surface area contributed by atoms with Gasteiger partial charge in [-0.1, -0.05) is 31.2 Å². The number of sulfonamides is 1. The predicted molar refractivity (Wildman–Crippen MR) is 110 cm³/mol. The molecular weight excluding hydrogens is 372 g/mol. The summed E-state index contributed by atoms with van der Waals surface area (Å²) in [6.45, 7) is 4.58. The van der Waals surface area contributed by atoms with Crippen LogP contribution < -0.4 is 9.62 Å². The van der Waals surface area contributed by atoms with Crippen molar-refractivity contribution < 1.29 is 13.2 Å². The average Bonchev–Trinajstić information content (AvgIpc) is 3.46. The van der Waals surface area contributed by atoms with Gasteiger partial charge < -0.3 is 4.90 Å². The third-order valence-electron chi connectivity index (χ3n) is 5.67. The third kappa shape index (κ3) is 3.71. The highest BCUT2D eigenvalue weighted by molar-refractivity contribution is 7.89. The van der Waals surface area contributed by atoms with Gasteiger partial charge in [-0.25, -0.2) is 13.1 Å². The van der Waals surface area contributed by atoms with Gasteiger partial charge in [0.1, 0.15) is 0 Å². The number of carbonyl (C=O) groups is 1. The fraction of sp³-hybridized carbons (Fsp3) is 0.409. The summed E-state index contributed by atoms with van der Waals surface area (Å²) in [5.74, 6) is 0.340. The van der Waals surface area contributed by atoms with Crippen molar-refractivity contribution in [3.63, 3.8) is 0 Å². The summed E-state index contributed by atoms with van der Waals surface area (Å²) in [6, 6.07) is 12.8. The molecule has 0 aromatic heterocycles. The molecule has 0 saturated heterocycles. The van der Waals surface area contributed by atoms with E-state index in [0.29, 0.717) is 13.0 Å². The van der Waals surface area contributed by atoms with Crippen molar-refractivity contribution in [2.24, 2.45) is 5.92 Å². The maximum atomic E-state index is 12.9. The van der Waals surface area contributed by atoms with Crippen LogP contribution >= 0.6 is 0 Å². The summed E-state index contributed by atoms with van der Waals surface area (Å²) in [7, 11) is -3.64. The summed E-state index contributed by atoms with van der Waals surface area (Å²) in [5, 5.41) is 0. The van der Waals surface area contributed by atoms with Crippen molar-refractivity contribution >= 4 is 21.6 Å². The minimum absolute atomic E-state index is 0.163. The SMILES string of the molecule is CCc1ccc([C@@H](C)NS(=O)(=O)c2ccc3c(c2)CCN3C(=O)C2CC2)cc1. The van der Waals surface area contributed by atoms with E-state index >= 15 is 0 Å². The largest absolute Gasteiger partial charge is 0.312 e. The molecule has 2 aromatic carbocycles. The number of hydrogen-bond acceptors (Lipinski definition) is 3. The number of amides is 1. The monoisotopic (exact) mass is 398 g/mol. The Labute approximate surface area is 166 Å². The Balaban J connectivity index is 1.52. The molecule has 0 unspecified atom stereocenters. The number of nitrogens with one attached hydrogen (secondary N) is 1. The summed E-state index contributed by atoms with van der Waals surface area (Å²) >= 11 is 0. The molecule has 148 valence electrons. The number of aryl methyl sites for hydroxylation is 1. The van der Waals surface area contributed by atoms with E-state index in [1.165, 1.54) is 5.56 Å². The summed E-state index contributed by atoms with van der Waals surface area (Å²) in [4.78, 5) is 14.5. The van der Waals surface area contributed by atoms with E-state index in [1.54, 1.807) is 18.2 Å². The summed E-state index contributed by atoms with van der Waals surface area (Å²) < 4.78 is 28.5. The Morgan fingerprint density at radius 2 is 1.89 bits per heavy atom. The van der Waals surface area contributed by atoms with Gasteiger partial charge in [0.2, 0.25) is 15.9 Å². The lowest BCUT2D eigenvalue weighted by Crippen LogP contribution is -2.30. The molecule has 28 heavy (non-hydrogen) atoms. The van der Waals surface area contributed by atoms with Crippen molar-refractivity contribution in [1.82, 2.24) is 4.72 Å². The van der Waals surface area contributed by atoms with Crippen molar-refractivity contribution in [3.05, 3.63) is 59.2 Å². The summed E-state index contributed by atoms with van der Waals surface area (Å²) in [5.41, 5.74) is 3.95. The van der Waals surface area contributed by atoms with Crippen molar-refractivity contribution in [3.8, 4) is 0 Å². The molecule has 1 saturated carbocycles. The zero-order valence-corrected chi connectivity index (χ0v) is 17.1. The van der Waals surface area contributed by atoms with E-state index in [-0.39, 0.29) is 22.8 Å². The Bertz CT molecular complexity index is 995. The van der Waals surface area contributed by atoms with Crippen molar-refractivity contribution in [1.29, 1.82) is 0 Å². The lowest BCUT2D eigenvalue weighted by Gasteiger charge is -2.18. The van der Waals surface area contributed by atoms with Crippen LogP contribution in [-0.4, -0.2) is 20.9 Å². The molecule has 1 fully saturated rings. The van der Waals surface area contributed by atoms with Gasteiger partial charge in [-0.3, -0.25) is 4.79 Å². The average molecular weight is 399 g/mol. The third-order valence-corrected chi connectivity index (χ3v) is 7.21. The van der Waals surface area contributed by atoms with E-state index < -0.39 is 10.0 Å². The first kappa shape index (κ1) is 19.2. The second-order valence-electron chi connectivity index (χ2n) is 7.74. The van der Waals surface area contributed by atoms with Gasteiger partial charge in [-0.05, 0) is 67.5 Å². The fourth-order valence-corrected chi connectivity index (χ4v) is 5.02. The molecule has 1 aliphatic carbocycles. The van der Waals surface area contributed by atoms with E-state index in [0.717, 1.165) is 36.1 Å². The number of fused-ring (bicyclic) bond motifs is 1. The van der Waals surface area contributed by atoms with Crippen LogP contribution in [0.3, 0.4) is 0 Å². The van der Waals surface area contributed by atoms with Gasteiger partial charge in [-0.2, -0.15) is 0 Å².